The molecule has 2 nitrogen and oxygen atoms in total. The highest BCUT2D eigenvalue weighted by molar-refractivity contribution is 5.20. The summed E-state index contributed by atoms with van der Waals surface area (Å²) in [6, 6.07) is 7.05. The average Bonchev–Trinajstić information content (AvgIpc) is 2.92. The van der Waals surface area contributed by atoms with E-state index in [1.165, 1.54) is 12.5 Å². The lowest BCUT2D eigenvalue weighted by Crippen LogP contribution is -2.52. The zero-order chi connectivity index (χ0) is 14.8. The molecule has 1 saturated heterocycles. The molecule has 0 aromatic heterocycles. The lowest BCUT2D eigenvalue weighted by Gasteiger charge is -2.38. The van der Waals surface area contributed by atoms with Crippen LogP contribution in [0, 0.1) is 17.7 Å². The van der Waals surface area contributed by atoms with Crippen LogP contribution in [0.4, 0.5) is 4.39 Å². The van der Waals surface area contributed by atoms with Gasteiger partial charge in [0.25, 0.3) is 0 Å². The van der Waals surface area contributed by atoms with Crippen LogP contribution in [0.1, 0.15) is 32.8 Å². The summed E-state index contributed by atoms with van der Waals surface area (Å²) in [5, 5.41) is 0. The molecule has 20 heavy (non-hydrogen) atoms. The molecule has 1 aliphatic heterocycles. The Morgan fingerprint density at radius 1 is 1.40 bits per heavy atom. The van der Waals surface area contributed by atoms with E-state index in [2.05, 4.69) is 25.7 Å². The standard InChI is InChI=1S/C17H27FN2/c1-13(2)15-8-9-20(11-15)17(3,12-19)10-14-6-4-5-7-16(14)18/h4-7,13,15H,8-12,19H2,1-3H3. The zero-order valence-corrected chi connectivity index (χ0v) is 12.9. The van der Waals surface area contributed by atoms with Crippen molar-refractivity contribution >= 4 is 0 Å². The molecule has 0 amide bonds. The Morgan fingerprint density at radius 3 is 2.65 bits per heavy atom. The van der Waals surface area contributed by atoms with Gasteiger partial charge in [0.05, 0.1) is 0 Å². The van der Waals surface area contributed by atoms with E-state index in [0.717, 1.165) is 24.6 Å². The highest BCUT2D eigenvalue weighted by atomic mass is 19.1. The van der Waals surface area contributed by atoms with Crippen molar-refractivity contribution in [2.45, 2.75) is 39.2 Å². The minimum absolute atomic E-state index is 0.119. The molecular formula is C17H27FN2. The topological polar surface area (TPSA) is 29.3 Å². The summed E-state index contributed by atoms with van der Waals surface area (Å²) < 4.78 is 13.9. The van der Waals surface area contributed by atoms with Crippen molar-refractivity contribution in [1.82, 2.24) is 4.90 Å². The largest absolute Gasteiger partial charge is 0.329 e. The molecular weight excluding hydrogens is 251 g/mol. The fourth-order valence-corrected chi connectivity index (χ4v) is 3.19. The van der Waals surface area contributed by atoms with Crippen molar-refractivity contribution < 1.29 is 4.39 Å². The van der Waals surface area contributed by atoms with Gasteiger partial charge in [0.1, 0.15) is 5.82 Å². The Kier molecular flexibility index (Phi) is 4.82. The van der Waals surface area contributed by atoms with Crippen molar-refractivity contribution in [2.24, 2.45) is 17.6 Å². The number of nitrogens with two attached hydrogens (primary N) is 1. The van der Waals surface area contributed by atoms with E-state index >= 15 is 0 Å². The maximum absolute atomic E-state index is 13.9. The van der Waals surface area contributed by atoms with E-state index < -0.39 is 0 Å². The second-order valence-electron chi connectivity index (χ2n) is 6.71. The normalized spacial score (nSPS) is 23.2. The van der Waals surface area contributed by atoms with E-state index in [0.29, 0.717) is 18.9 Å². The molecule has 1 aromatic carbocycles. The summed E-state index contributed by atoms with van der Waals surface area (Å²) in [6.07, 6.45) is 1.91. The van der Waals surface area contributed by atoms with Crippen LogP contribution in [0.3, 0.4) is 0 Å². The molecule has 1 aliphatic rings. The van der Waals surface area contributed by atoms with Crippen molar-refractivity contribution in [3.05, 3.63) is 35.6 Å². The lowest BCUT2D eigenvalue weighted by atomic mass is 9.90. The van der Waals surface area contributed by atoms with Crippen molar-refractivity contribution in [3.63, 3.8) is 0 Å². The van der Waals surface area contributed by atoms with Gasteiger partial charge in [-0.3, -0.25) is 4.90 Å². The predicted molar refractivity (Wildman–Crippen MR) is 82.1 cm³/mol. The number of halogens is 1. The summed E-state index contributed by atoms with van der Waals surface area (Å²) in [5.41, 5.74) is 6.67. The third kappa shape index (κ3) is 3.21. The number of likely N-dealkylation sites (tertiary alicyclic amines) is 1. The molecule has 3 heteroatoms. The first-order valence-electron chi connectivity index (χ1n) is 7.65. The van der Waals surface area contributed by atoms with E-state index in [4.69, 9.17) is 5.73 Å². The maximum atomic E-state index is 13.9. The fourth-order valence-electron chi connectivity index (χ4n) is 3.19. The monoisotopic (exact) mass is 278 g/mol. The summed E-state index contributed by atoms with van der Waals surface area (Å²) in [7, 11) is 0. The minimum atomic E-state index is -0.147. The molecule has 2 atom stereocenters. The Hall–Kier alpha value is -0.930. The van der Waals surface area contributed by atoms with Crippen molar-refractivity contribution in [1.29, 1.82) is 0 Å². The van der Waals surface area contributed by atoms with Gasteiger partial charge >= 0.3 is 0 Å². The number of rotatable bonds is 5. The zero-order valence-electron chi connectivity index (χ0n) is 12.9. The predicted octanol–water partition coefficient (Wildman–Crippen LogP) is 3.06. The van der Waals surface area contributed by atoms with E-state index in [-0.39, 0.29) is 11.4 Å². The van der Waals surface area contributed by atoms with Gasteiger partial charge in [-0.05, 0) is 49.8 Å². The highest BCUT2D eigenvalue weighted by Crippen LogP contribution is 2.31. The highest BCUT2D eigenvalue weighted by Gasteiger charge is 2.37. The molecule has 2 rings (SSSR count). The van der Waals surface area contributed by atoms with Crippen LogP contribution in [0.2, 0.25) is 0 Å². The SMILES string of the molecule is CC(C)C1CCN(C(C)(CN)Cc2ccccc2F)C1. The molecule has 1 aromatic rings. The number of benzene rings is 1. The first-order valence-corrected chi connectivity index (χ1v) is 7.65. The number of hydrogen-bond acceptors (Lipinski definition) is 2. The first kappa shape index (κ1) is 15.5. The summed E-state index contributed by atoms with van der Waals surface area (Å²) >= 11 is 0. The third-order valence-electron chi connectivity index (χ3n) is 4.90. The van der Waals surface area contributed by atoms with Gasteiger partial charge in [-0.1, -0.05) is 32.0 Å². The second kappa shape index (κ2) is 6.23. The van der Waals surface area contributed by atoms with Crippen LogP contribution in [-0.2, 0) is 6.42 Å². The van der Waals surface area contributed by atoms with Crippen LogP contribution in [-0.4, -0.2) is 30.1 Å². The fraction of sp³-hybridized carbons (Fsp3) is 0.647. The van der Waals surface area contributed by atoms with E-state index in [1.54, 1.807) is 6.07 Å². The third-order valence-corrected chi connectivity index (χ3v) is 4.90. The van der Waals surface area contributed by atoms with Gasteiger partial charge in [0, 0.05) is 18.6 Å². The van der Waals surface area contributed by atoms with Crippen LogP contribution in [0.25, 0.3) is 0 Å². The number of hydrogen-bond donors (Lipinski definition) is 1. The molecule has 0 bridgehead atoms. The molecule has 0 spiro atoms. The Morgan fingerprint density at radius 2 is 2.10 bits per heavy atom. The van der Waals surface area contributed by atoms with Crippen LogP contribution in [0.5, 0.6) is 0 Å². The lowest BCUT2D eigenvalue weighted by molar-refractivity contribution is 0.132. The van der Waals surface area contributed by atoms with Gasteiger partial charge in [-0.15, -0.1) is 0 Å². The van der Waals surface area contributed by atoms with Crippen LogP contribution >= 0.6 is 0 Å². The quantitative estimate of drug-likeness (QED) is 0.897. The summed E-state index contributed by atoms with van der Waals surface area (Å²) in [4.78, 5) is 2.46. The molecule has 1 fully saturated rings. The van der Waals surface area contributed by atoms with Gasteiger partial charge in [0.15, 0.2) is 0 Å². The molecule has 2 unspecified atom stereocenters. The molecule has 2 N–H and O–H groups in total. The number of nitrogens with zero attached hydrogens (tertiary/aromatic N) is 1. The average molecular weight is 278 g/mol. The van der Waals surface area contributed by atoms with Gasteiger partial charge in [-0.25, -0.2) is 4.39 Å². The Labute approximate surface area is 122 Å². The minimum Gasteiger partial charge on any atom is -0.329 e. The smallest absolute Gasteiger partial charge is 0.126 e. The van der Waals surface area contributed by atoms with Gasteiger partial charge in [0.2, 0.25) is 0 Å². The first-order chi connectivity index (χ1) is 9.46. The van der Waals surface area contributed by atoms with E-state index in [9.17, 15) is 4.39 Å². The molecule has 1 heterocycles. The van der Waals surface area contributed by atoms with Crippen LogP contribution in [0.15, 0.2) is 24.3 Å². The summed E-state index contributed by atoms with van der Waals surface area (Å²) in [5.74, 6) is 1.32. The molecule has 112 valence electrons. The molecule has 0 radical (unpaired) electrons. The maximum Gasteiger partial charge on any atom is 0.126 e. The molecule has 0 saturated carbocycles. The van der Waals surface area contributed by atoms with Crippen molar-refractivity contribution in [2.75, 3.05) is 19.6 Å². The van der Waals surface area contributed by atoms with Crippen LogP contribution < -0.4 is 5.73 Å². The van der Waals surface area contributed by atoms with Gasteiger partial charge in [-0.2, -0.15) is 0 Å². The Bertz CT molecular complexity index is 446. The second-order valence-corrected chi connectivity index (χ2v) is 6.71. The Balaban J connectivity index is 2.12. The van der Waals surface area contributed by atoms with Crippen molar-refractivity contribution in [3.8, 4) is 0 Å². The summed E-state index contributed by atoms with van der Waals surface area (Å²) in [6.45, 7) is 9.45. The molecule has 0 aliphatic carbocycles. The van der Waals surface area contributed by atoms with E-state index in [1.807, 2.05) is 12.1 Å². The van der Waals surface area contributed by atoms with Gasteiger partial charge < -0.3 is 5.73 Å².